The van der Waals surface area contributed by atoms with Crippen LogP contribution in [0.15, 0.2) is 40.8 Å². The number of allylic oxidation sites excluding steroid dienone is 1. The minimum Gasteiger partial charge on any atom is -0.481 e. The fourth-order valence-corrected chi connectivity index (χ4v) is 7.03. The number of carbonyl (C=O) groups excluding carboxylic acids is 2. The lowest BCUT2D eigenvalue weighted by Gasteiger charge is -2.43. The quantitative estimate of drug-likeness (QED) is 0.0983. The van der Waals surface area contributed by atoms with Crippen LogP contribution < -0.4 is 0 Å². The smallest absolute Gasteiger partial charge is 0.282 e. The van der Waals surface area contributed by atoms with Crippen LogP contribution in [0, 0.1) is 42.3 Å². The SMILES string of the molecule is C#CC(/C(C)=C(/CC1(C(C)=O)CCCc2c1ccc(F)c2C)N=C(C)OC[C@@H](C)CCCC)N1CCN(C(=O)C(=C)F)C(CC#N)C1. The molecule has 7 nitrogen and oxygen atoms in total. The maximum absolute atomic E-state index is 14.7. The zero-order valence-electron chi connectivity index (χ0n) is 28.9. The normalized spacial score (nSPS) is 21.9. The molecule has 3 unspecified atom stereocenters. The van der Waals surface area contributed by atoms with Gasteiger partial charge in [0.1, 0.15) is 11.6 Å². The number of hydrogen-bond donors (Lipinski definition) is 0. The Morgan fingerprint density at radius 1 is 1.28 bits per heavy atom. The summed E-state index contributed by atoms with van der Waals surface area (Å²) in [6.45, 7) is 15.8. The van der Waals surface area contributed by atoms with Gasteiger partial charge in [0.05, 0.1) is 36.6 Å². The molecule has 4 atom stereocenters. The number of unbranched alkanes of at least 4 members (excludes halogenated alkanes) is 1. The topological polar surface area (TPSA) is 86.0 Å². The molecule has 2 aliphatic rings. The van der Waals surface area contributed by atoms with Crippen molar-refractivity contribution in [2.24, 2.45) is 10.9 Å². The Kier molecular flexibility index (Phi) is 13.5. The summed E-state index contributed by atoms with van der Waals surface area (Å²) < 4.78 is 34.6. The van der Waals surface area contributed by atoms with Gasteiger partial charge in [-0.25, -0.2) is 13.8 Å². The minimum absolute atomic E-state index is 0.00386. The lowest BCUT2D eigenvalue weighted by molar-refractivity contribution is -0.133. The molecule has 1 aromatic rings. The Morgan fingerprint density at radius 2 is 2.00 bits per heavy atom. The van der Waals surface area contributed by atoms with Crippen LogP contribution in [0.3, 0.4) is 0 Å². The van der Waals surface area contributed by atoms with E-state index in [0.29, 0.717) is 49.1 Å². The highest BCUT2D eigenvalue weighted by atomic mass is 19.1. The number of ether oxygens (including phenoxy) is 1. The Morgan fingerprint density at radius 3 is 2.62 bits per heavy atom. The van der Waals surface area contributed by atoms with E-state index >= 15 is 0 Å². The number of halogens is 2. The lowest BCUT2D eigenvalue weighted by atomic mass is 9.64. The molecule has 0 aromatic heterocycles. The van der Waals surface area contributed by atoms with Crippen molar-refractivity contribution in [3.63, 3.8) is 0 Å². The van der Waals surface area contributed by atoms with Gasteiger partial charge in [-0.3, -0.25) is 14.5 Å². The first kappa shape index (κ1) is 37.6. The number of amides is 1. The molecule has 1 aromatic carbocycles. The first-order valence-corrected chi connectivity index (χ1v) is 16.7. The Bertz CT molecular complexity index is 1490. The van der Waals surface area contributed by atoms with E-state index in [2.05, 4.69) is 32.4 Å². The number of ketones is 1. The van der Waals surface area contributed by atoms with Crippen molar-refractivity contribution in [1.82, 2.24) is 9.80 Å². The third-order valence-corrected chi connectivity index (χ3v) is 9.86. The van der Waals surface area contributed by atoms with E-state index in [1.165, 1.54) is 11.0 Å². The summed E-state index contributed by atoms with van der Waals surface area (Å²) in [6, 6.07) is 4.12. The lowest BCUT2D eigenvalue weighted by Crippen LogP contribution is -2.57. The highest BCUT2D eigenvalue weighted by molar-refractivity contribution is 5.91. The van der Waals surface area contributed by atoms with Gasteiger partial charge in [0.15, 0.2) is 11.7 Å². The van der Waals surface area contributed by atoms with E-state index in [1.54, 1.807) is 26.8 Å². The number of rotatable bonds is 13. The Balaban J connectivity index is 2.10. The molecule has 1 amide bonds. The summed E-state index contributed by atoms with van der Waals surface area (Å²) in [5.74, 6) is 1.48. The van der Waals surface area contributed by atoms with Crippen LogP contribution in [0.2, 0.25) is 0 Å². The number of piperazine rings is 1. The first-order chi connectivity index (χ1) is 22.3. The molecule has 3 rings (SSSR count). The van der Waals surface area contributed by atoms with Crippen LogP contribution in [-0.2, 0) is 26.2 Å². The average Bonchev–Trinajstić information content (AvgIpc) is 3.04. The van der Waals surface area contributed by atoms with E-state index in [4.69, 9.17) is 16.2 Å². The van der Waals surface area contributed by atoms with E-state index in [0.717, 1.165) is 42.4 Å². The van der Waals surface area contributed by atoms with Gasteiger partial charge in [-0.05, 0) is 80.7 Å². The second-order valence-corrected chi connectivity index (χ2v) is 13.2. The van der Waals surface area contributed by atoms with Crippen LogP contribution >= 0.6 is 0 Å². The molecular formula is C38H50F2N4O3. The molecule has 0 spiro atoms. The minimum atomic E-state index is -1.07. The van der Waals surface area contributed by atoms with Gasteiger partial charge in [0, 0.05) is 38.7 Å². The number of carbonyl (C=O) groups is 2. The van der Waals surface area contributed by atoms with Gasteiger partial charge in [-0.2, -0.15) is 5.26 Å². The van der Waals surface area contributed by atoms with Crippen molar-refractivity contribution in [2.75, 3.05) is 26.2 Å². The number of aliphatic imine (C=N–C) groups is 1. The van der Waals surface area contributed by atoms with Gasteiger partial charge >= 0.3 is 0 Å². The van der Waals surface area contributed by atoms with Crippen molar-refractivity contribution in [3.8, 4) is 18.4 Å². The van der Waals surface area contributed by atoms with Crippen LogP contribution in [0.5, 0.6) is 0 Å². The number of hydrogen-bond acceptors (Lipinski definition) is 6. The van der Waals surface area contributed by atoms with E-state index in [9.17, 15) is 23.6 Å². The van der Waals surface area contributed by atoms with Gasteiger partial charge in [0.25, 0.3) is 5.91 Å². The molecule has 0 saturated carbocycles. The molecule has 9 heteroatoms. The highest BCUT2D eigenvalue weighted by Crippen LogP contribution is 2.45. The van der Waals surface area contributed by atoms with Crippen LogP contribution in [-0.4, -0.2) is 65.7 Å². The third kappa shape index (κ3) is 8.76. The molecule has 0 radical (unpaired) electrons. The summed E-state index contributed by atoms with van der Waals surface area (Å²) in [5, 5.41) is 9.49. The van der Waals surface area contributed by atoms with Crippen LogP contribution in [0.4, 0.5) is 8.78 Å². The second kappa shape index (κ2) is 16.8. The summed E-state index contributed by atoms with van der Waals surface area (Å²) in [5.41, 5.74) is 2.68. The number of fused-ring (bicyclic) bond motifs is 1. The Labute approximate surface area is 279 Å². The molecule has 1 aliphatic carbocycles. The second-order valence-electron chi connectivity index (χ2n) is 13.2. The van der Waals surface area contributed by atoms with Crippen molar-refractivity contribution in [3.05, 3.63) is 58.3 Å². The number of nitriles is 1. The predicted octanol–water partition coefficient (Wildman–Crippen LogP) is 7.13. The predicted molar refractivity (Wildman–Crippen MR) is 182 cm³/mol. The summed E-state index contributed by atoms with van der Waals surface area (Å²) >= 11 is 0. The van der Waals surface area contributed by atoms with E-state index in [1.807, 2.05) is 11.8 Å². The number of nitrogens with zero attached hydrogens (tertiary/aromatic N) is 4. The number of Topliss-reactive ketones (excluding diaryl/α,β-unsaturated/α-hetero) is 1. The molecule has 1 aliphatic heterocycles. The summed E-state index contributed by atoms with van der Waals surface area (Å²) in [4.78, 5) is 34.5. The summed E-state index contributed by atoms with van der Waals surface area (Å²) in [6.07, 6.45) is 11.7. The van der Waals surface area contributed by atoms with Gasteiger partial charge in [-0.15, -0.1) is 6.42 Å². The van der Waals surface area contributed by atoms with E-state index in [-0.39, 0.29) is 37.5 Å². The molecule has 1 fully saturated rings. The zero-order valence-corrected chi connectivity index (χ0v) is 28.9. The molecule has 1 saturated heterocycles. The maximum atomic E-state index is 14.7. The number of terminal acetylenes is 1. The van der Waals surface area contributed by atoms with Gasteiger partial charge < -0.3 is 9.64 Å². The largest absolute Gasteiger partial charge is 0.481 e. The first-order valence-electron chi connectivity index (χ1n) is 16.7. The molecule has 0 N–H and O–H groups in total. The number of benzene rings is 1. The Hall–Kier alpha value is -3.82. The third-order valence-electron chi connectivity index (χ3n) is 9.86. The highest BCUT2D eigenvalue weighted by Gasteiger charge is 2.43. The standard InChI is InChI=1S/C38H50F2N4O3/c1-9-11-13-25(3)24-47-30(8)42-35(22-38(29(7)45)18-12-14-32-26(4)34(40)16-15-33(32)38)27(5)36(10-2)43-20-21-44(37(46)28(6)39)31(23-43)17-19-41/h2,15-16,25,31,36H,6,9,11-14,17-18,20-24H2,1,3-5,7-8H3/b35-27-,42-30?/t25-,31?,36?,38?/m0/s1. The maximum Gasteiger partial charge on any atom is 0.282 e. The molecule has 254 valence electrons. The van der Waals surface area contributed by atoms with Crippen LogP contribution in [0.25, 0.3) is 0 Å². The van der Waals surface area contributed by atoms with Crippen molar-refractivity contribution < 1.29 is 23.1 Å². The fourth-order valence-electron chi connectivity index (χ4n) is 7.03. The monoisotopic (exact) mass is 648 g/mol. The fraction of sp³-hybridized carbons (Fsp3) is 0.579. The van der Waals surface area contributed by atoms with Crippen molar-refractivity contribution >= 4 is 17.6 Å². The summed E-state index contributed by atoms with van der Waals surface area (Å²) in [7, 11) is 0. The van der Waals surface area contributed by atoms with Crippen LogP contribution in [0.1, 0.15) is 96.3 Å². The molecular weight excluding hydrogens is 598 g/mol. The zero-order chi connectivity index (χ0) is 34.9. The van der Waals surface area contributed by atoms with Gasteiger partial charge in [-0.1, -0.05) is 45.3 Å². The van der Waals surface area contributed by atoms with Crippen molar-refractivity contribution in [2.45, 2.75) is 110 Å². The van der Waals surface area contributed by atoms with Crippen molar-refractivity contribution in [1.29, 1.82) is 5.26 Å². The van der Waals surface area contributed by atoms with Gasteiger partial charge in [0.2, 0.25) is 0 Å². The van der Waals surface area contributed by atoms with E-state index < -0.39 is 29.2 Å². The molecule has 47 heavy (non-hydrogen) atoms. The average molecular weight is 649 g/mol. The molecule has 0 bridgehead atoms. The molecule has 1 heterocycles.